The molecule has 0 rings (SSSR count). The van der Waals surface area contributed by atoms with Crippen molar-refractivity contribution in [2.24, 2.45) is 0 Å². The zero-order chi connectivity index (χ0) is 9.23. The average Bonchev–Trinajstić information content (AvgIpc) is 2.10. The van der Waals surface area contributed by atoms with Gasteiger partial charge in [0.25, 0.3) is 0 Å². The lowest BCUT2D eigenvalue weighted by Crippen LogP contribution is -1.96. The maximum absolute atomic E-state index is 12.7. The minimum absolute atomic E-state index is 0.292. The van der Waals surface area contributed by atoms with Crippen molar-refractivity contribution in [2.75, 3.05) is 6.61 Å². The van der Waals surface area contributed by atoms with Crippen LogP contribution in [0.4, 0.5) is 4.39 Å². The van der Waals surface area contributed by atoms with E-state index in [2.05, 4.69) is 0 Å². The molecule has 2 heteroatoms. The molecule has 0 aliphatic rings. The monoisotopic (exact) mass is 176 g/mol. The standard InChI is InChI=1S/C10H21FO/c1-2-10(11)8-6-4-3-5-7-9-12/h10,12H,2-9H2,1H3. The summed E-state index contributed by atoms with van der Waals surface area (Å²) in [6, 6.07) is 0. The lowest BCUT2D eigenvalue weighted by atomic mass is 10.1. The van der Waals surface area contributed by atoms with Crippen LogP contribution in [0.1, 0.15) is 51.9 Å². The predicted octanol–water partition coefficient (Wildman–Crippen LogP) is 3.07. The Morgan fingerprint density at radius 2 is 1.67 bits per heavy atom. The predicted molar refractivity (Wildman–Crippen MR) is 50.0 cm³/mol. The van der Waals surface area contributed by atoms with E-state index in [0.717, 1.165) is 38.5 Å². The lowest BCUT2D eigenvalue weighted by molar-refractivity contribution is 0.278. The van der Waals surface area contributed by atoms with Crippen molar-refractivity contribution in [3.8, 4) is 0 Å². The summed E-state index contributed by atoms with van der Waals surface area (Å²) < 4.78 is 12.7. The second kappa shape index (κ2) is 8.98. The molecule has 0 aliphatic heterocycles. The molecule has 0 fully saturated rings. The molecule has 0 bridgehead atoms. The number of unbranched alkanes of at least 4 members (excludes halogenated alkanes) is 4. The molecule has 0 aromatic heterocycles. The topological polar surface area (TPSA) is 20.2 Å². The van der Waals surface area contributed by atoms with Crippen molar-refractivity contribution >= 4 is 0 Å². The summed E-state index contributed by atoms with van der Waals surface area (Å²) in [6.45, 7) is 2.18. The van der Waals surface area contributed by atoms with E-state index < -0.39 is 6.17 Å². The first-order chi connectivity index (χ1) is 5.81. The van der Waals surface area contributed by atoms with E-state index in [1.54, 1.807) is 0 Å². The second-order valence-electron chi connectivity index (χ2n) is 3.29. The van der Waals surface area contributed by atoms with Gasteiger partial charge in [0.1, 0.15) is 0 Å². The Labute approximate surface area is 75.0 Å². The third-order valence-corrected chi connectivity index (χ3v) is 2.12. The van der Waals surface area contributed by atoms with Gasteiger partial charge in [-0.15, -0.1) is 0 Å². The summed E-state index contributed by atoms with van der Waals surface area (Å²) in [4.78, 5) is 0. The van der Waals surface area contributed by atoms with Gasteiger partial charge in [0, 0.05) is 6.61 Å². The van der Waals surface area contributed by atoms with Gasteiger partial charge in [-0.05, 0) is 19.3 Å². The van der Waals surface area contributed by atoms with Crippen molar-refractivity contribution in [3.63, 3.8) is 0 Å². The Morgan fingerprint density at radius 1 is 1.08 bits per heavy atom. The van der Waals surface area contributed by atoms with Crippen LogP contribution in [0, 0.1) is 0 Å². The van der Waals surface area contributed by atoms with E-state index in [4.69, 9.17) is 5.11 Å². The van der Waals surface area contributed by atoms with Crippen LogP contribution >= 0.6 is 0 Å². The van der Waals surface area contributed by atoms with Crippen LogP contribution in [-0.2, 0) is 0 Å². The minimum Gasteiger partial charge on any atom is -0.396 e. The van der Waals surface area contributed by atoms with Crippen molar-refractivity contribution in [2.45, 2.75) is 58.0 Å². The van der Waals surface area contributed by atoms with E-state index in [1.807, 2.05) is 6.92 Å². The normalized spacial score (nSPS) is 13.2. The molecule has 0 spiro atoms. The summed E-state index contributed by atoms with van der Waals surface area (Å²) in [7, 11) is 0. The van der Waals surface area contributed by atoms with Gasteiger partial charge in [-0.25, -0.2) is 4.39 Å². The molecule has 0 saturated heterocycles. The molecule has 0 aromatic rings. The van der Waals surface area contributed by atoms with Crippen LogP contribution in [0.5, 0.6) is 0 Å². The van der Waals surface area contributed by atoms with Gasteiger partial charge in [0.2, 0.25) is 0 Å². The summed E-state index contributed by atoms with van der Waals surface area (Å²) in [5, 5.41) is 8.49. The third-order valence-electron chi connectivity index (χ3n) is 2.12. The van der Waals surface area contributed by atoms with Gasteiger partial charge in [0.05, 0.1) is 6.17 Å². The number of rotatable bonds is 8. The molecule has 0 aromatic carbocycles. The van der Waals surface area contributed by atoms with E-state index >= 15 is 0 Å². The molecule has 0 aliphatic carbocycles. The lowest BCUT2D eigenvalue weighted by Gasteiger charge is -2.03. The molecule has 1 N–H and O–H groups in total. The number of aliphatic hydroxyl groups is 1. The first-order valence-corrected chi connectivity index (χ1v) is 5.06. The van der Waals surface area contributed by atoms with Gasteiger partial charge in [0.15, 0.2) is 0 Å². The zero-order valence-corrected chi connectivity index (χ0v) is 8.06. The Bertz CT molecular complexity index is 85.9. The highest BCUT2D eigenvalue weighted by Gasteiger charge is 2.01. The van der Waals surface area contributed by atoms with Gasteiger partial charge >= 0.3 is 0 Å². The highest BCUT2D eigenvalue weighted by atomic mass is 19.1. The van der Waals surface area contributed by atoms with Gasteiger partial charge in [-0.2, -0.15) is 0 Å². The van der Waals surface area contributed by atoms with E-state index in [-0.39, 0.29) is 0 Å². The van der Waals surface area contributed by atoms with Gasteiger partial charge in [-0.1, -0.05) is 32.6 Å². The van der Waals surface area contributed by atoms with Crippen LogP contribution in [0.15, 0.2) is 0 Å². The van der Waals surface area contributed by atoms with Crippen LogP contribution in [-0.4, -0.2) is 17.9 Å². The molecule has 0 saturated carbocycles. The Kier molecular flexibility index (Phi) is 8.90. The first kappa shape index (κ1) is 11.9. The quantitative estimate of drug-likeness (QED) is 0.563. The van der Waals surface area contributed by atoms with Crippen LogP contribution in [0.2, 0.25) is 0 Å². The van der Waals surface area contributed by atoms with Crippen molar-refractivity contribution in [1.82, 2.24) is 0 Å². The van der Waals surface area contributed by atoms with Gasteiger partial charge < -0.3 is 5.11 Å². The molecule has 0 radical (unpaired) electrons. The fraction of sp³-hybridized carbons (Fsp3) is 1.00. The first-order valence-electron chi connectivity index (χ1n) is 5.06. The molecular weight excluding hydrogens is 155 g/mol. The highest BCUT2D eigenvalue weighted by Crippen LogP contribution is 2.10. The molecule has 0 amide bonds. The molecule has 12 heavy (non-hydrogen) atoms. The fourth-order valence-electron chi connectivity index (χ4n) is 1.21. The zero-order valence-electron chi connectivity index (χ0n) is 8.06. The number of hydrogen-bond acceptors (Lipinski definition) is 1. The SMILES string of the molecule is CCC(F)CCCCCCCO. The summed E-state index contributed by atoms with van der Waals surface area (Å²) >= 11 is 0. The molecule has 1 nitrogen and oxygen atoms in total. The number of aliphatic hydroxyl groups excluding tert-OH is 1. The molecule has 1 unspecified atom stereocenters. The highest BCUT2D eigenvalue weighted by molar-refractivity contribution is 4.53. The Morgan fingerprint density at radius 3 is 2.25 bits per heavy atom. The summed E-state index contributed by atoms with van der Waals surface area (Å²) in [5.74, 6) is 0. The van der Waals surface area contributed by atoms with E-state index in [1.165, 1.54) is 0 Å². The summed E-state index contributed by atoms with van der Waals surface area (Å²) in [5.41, 5.74) is 0. The van der Waals surface area contributed by atoms with E-state index in [9.17, 15) is 4.39 Å². The number of hydrogen-bond donors (Lipinski definition) is 1. The van der Waals surface area contributed by atoms with Crippen LogP contribution in [0.25, 0.3) is 0 Å². The summed E-state index contributed by atoms with van der Waals surface area (Å²) in [6.07, 6.45) is 6.00. The number of halogens is 1. The third kappa shape index (κ3) is 7.99. The average molecular weight is 176 g/mol. The Balaban J connectivity index is 2.90. The maximum Gasteiger partial charge on any atom is 0.0999 e. The second-order valence-corrected chi connectivity index (χ2v) is 3.29. The van der Waals surface area contributed by atoms with Crippen LogP contribution in [0.3, 0.4) is 0 Å². The van der Waals surface area contributed by atoms with Crippen LogP contribution < -0.4 is 0 Å². The maximum atomic E-state index is 12.7. The number of alkyl halides is 1. The van der Waals surface area contributed by atoms with E-state index in [0.29, 0.717) is 13.0 Å². The minimum atomic E-state index is -0.595. The fourth-order valence-corrected chi connectivity index (χ4v) is 1.21. The molecule has 74 valence electrons. The molecule has 1 atom stereocenters. The molecule has 0 heterocycles. The smallest absolute Gasteiger partial charge is 0.0999 e. The molecular formula is C10H21FO. The Hall–Kier alpha value is -0.110. The van der Waals surface area contributed by atoms with Crippen molar-refractivity contribution in [1.29, 1.82) is 0 Å². The van der Waals surface area contributed by atoms with Crippen molar-refractivity contribution in [3.05, 3.63) is 0 Å². The van der Waals surface area contributed by atoms with Crippen molar-refractivity contribution < 1.29 is 9.50 Å². The van der Waals surface area contributed by atoms with Gasteiger partial charge in [-0.3, -0.25) is 0 Å². The largest absolute Gasteiger partial charge is 0.396 e.